The minimum atomic E-state index is -0.331. The Morgan fingerprint density at radius 1 is 0.952 bits per heavy atom. The third kappa shape index (κ3) is 2.22. The second-order valence-electron chi connectivity index (χ2n) is 5.53. The van der Waals surface area contributed by atoms with E-state index in [1.165, 1.54) is 21.8 Å². The van der Waals surface area contributed by atoms with Crippen LogP contribution < -0.4 is 5.32 Å². The second-order valence-corrected chi connectivity index (χ2v) is 5.53. The molecule has 0 spiro atoms. The molecule has 3 nitrogen and oxygen atoms in total. The molecule has 0 saturated carbocycles. The number of fused-ring (bicyclic) bond motifs is 3. The van der Waals surface area contributed by atoms with E-state index in [9.17, 15) is 5.11 Å². The number of nitrogens with zero attached hydrogens (tertiary/aromatic N) is 1. The van der Waals surface area contributed by atoms with Crippen molar-refractivity contribution in [2.75, 3.05) is 13.1 Å². The van der Waals surface area contributed by atoms with Crippen LogP contribution in [0.1, 0.15) is 12.5 Å². The van der Waals surface area contributed by atoms with Crippen molar-refractivity contribution < 1.29 is 5.11 Å². The highest BCUT2D eigenvalue weighted by Gasteiger charge is 2.27. The van der Waals surface area contributed by atoms with Gasteiger partial charge >= 0.3 is 0 Å². The molecule has 1 fully saturated rings. The number of hydrogen-bond acceptors (Lipinski definition) is 2. The SMILES string of the molecule is Cl.O[C@H]1CNCC[C@@H]1n1c2ccccc2c2ccccc21. The number of benzene rings is 2. The molecule has 2 heterocycles. The molecule has 0 unspecified atom stereocenters. The molecule has 4 rings (SSSR count). The van der Waals surface area contributed by atoms with Crippen LogP contribution in [0, 0.1) is 0 Å². The summed E-state index contributed by atoms with van der Waals surface area (Å²) in [5, 5.41) is 16.2. The molecule has 3 aromatic rings. The van der Waals surface area contributed by atoms with E-state index in [0.717, 1.165) is 13.0 Å². The van der Waals surface area contributed by atoms with Crippen molar-refractivity contribution in [2.45, 2.75) is 18.6 Å². The van der Waals surface area contributed by atoms with Crippen molar-refractivity contribution >= 4 is 34.2 Å². The van der Waals surface area contributed by atoms with E-state index in [4.69, 9.17) is 0 Å². The first-order valence-corrected chi connectivity index (χ1v) is 7.23. The first kappa shape index (κ1) is 14.4. The highest BCUT2D eigenvalue weighted by atomic mass is 35.5. The highest BCUT2D eigenvalue weighted by molar-refractivity contribution is 6.08. The number of aliphatic hydroxyl groups excluding tert-OH is 1. The van der Waals surface area contributed by atoms with Crippen molar-refractivity contribution in [1.29, 1.82) is 0 Å². The zero-order valence-corrected chi connectivity index (χ0v) is 12.5. The number of nitrogens with one attached hydrogen (secondary N) is 1. The quantitative estimate of drug-likeness (QED) is 0.725. The van der Waals surface area contributed by atoms with Gasteiger partial charge in [-0.2, -0.15) is 0 Å². The lowest BCUT2D eigenvalue weighted by atomic mass is 10.0. The summed E-state index contributed by atoms with van der Waals surface area (Å²) in [6.45, 7) is 1.63. The first-order chi connectivity index (χ1) is 9.86. The van der Waals surface area contributed by atoms with E-state index in [2.05, 4.69) is 58.4 Å². The van der Waals surface area contributed by atoms with Crippen LogP contribution in [0.25, 0.3) is 21.8 Å². The van der Waals surface area contributed by atoms with E-state index >= 15 is 0 Å². The van der Waals surface area contributed by atoms with E-state index in [1.807, 2.05) is 0 Å². The molecule has 2 atom stereocenters. The second kappa shape index (κ2) is 5.68. The monoisotopic (exact) mass is 302 g/mol. The normalized spacial score (nSPS) is 22.3. The zero-order chi connectivity index (χ0) is 13.5. The summed E-state index contributed by atoms with van der Waals surface area (Å²) < 4.78 is 2.33. The van der Waals surface area contributed by atoms with Crippen molar-refractivity contribution in [2.24, 2.45) is 0 Å². The molecule has 2 N–H and O–H groups in total. The Hall–Kier alpha value is -1.55. The van der Waals surface area contributed by atoms with Crippen LogP contribution in [0.15, 0.2) is 48.5 Å². The van der Waals surface area contributed by atoms with Gasteiger partial charge in [0.15, 0.2) is 0 Å². The van der Waals surface area contributed by atoms with Crippen LogP contribution in [-0.4, -0.2) is 28.9 Å². The summed E-state index contributed by atoms with van der Waals surface area (Å²) in [5.41, 5.74) is 2.44. The topological polar surface area (TPSA) is 37.2 Å². The van der Waals surface area contributed by atoms with Gasteiger partial charge in [0.25, 0.3) is 0 Å². The van der Waals surface area contributed by atoms with E-state index in [-0.39, 0.29) is 24.6 Å². The predicted octanol–water partition coefficient (Wildman–Crippen LogP) is 3.11. The lowest BCUT2D eigenvalue weighted by Crippen LogP contribution is -2.41. The number of halogens is 1. The summed E-state index contributed by atoms with van der Waals surface area (Å²) in [6, 6.07) is 17.1. The van der Waals surface area contributed by atoms with Crippen molar-refractivity contribution in [3.8, 4) is 0 Å². The average Bonchev–Trinajstić information content (AvgIpc) is 2.83. The van der Waals surface area contributed by atoms with Crippen LogP contribution in [0.3, 0.4) is 0 Å². The molecule has 0 amide bonds. The minimum absolute atomic E-state index is 0. The Bertz CT molecular complexity index is 714. The van der Waals surface area contributed by atoms with Crippen LogP contribution in [0.5, 0.6) is 0 Å². The summed E-state index contributed by atoms with van der Waals surface area (Å²) in [4.78, 5) is 0. The van der Waals surface area contributed by atoms with Crippen LogP contribution in [0.4, 0.5) is 0 Å². The molecule has 0 radical (unpaired) electrons. The Labute approximate surface area is 130 Å². The van der Waals surface area contributed by atoms with E-state index < -0.39 is 0 Å². The third-order valence-corrected chi connectivity index (χ3v) is 4.36. The lowest BCUT2D eigenvalue weighted by Gasteiger charge is -2.31. The van der Waals surface area contributed by atoms with Gasteiger partial charge in [-0.15, -0.1) is 12.4 Å². The number of rotatable bonds is 1. The van der Waals surface area contributed by atoms with Crippen molar-refractivity contribution in [3.05, 3.63) is 48.5 Å². The van der Waals surface area contributed by atoms with Gasteiger partial charge in [-0.1, -0.05) is 36.4 Å². The fourth-order valence-corrected chi connectivity index (χ4v) is 3.44. The van der Waals surface area contributed by atoms with E-state index in [0.29, 0.717) is 6.54 Å². The van der Waals surface area contributed by atoms with Crippen molar-refractivity contribution in [1.82, 2.24) is 9.88 Å². The van der Waals surface area contributed by atoms with Crippen molar-refractivity contribution in [3.63, 3.8) is 0 Å². The molecule has 0 bridgehead atoms. The van der Waals surface area contributed by atoms with Gasteiger partial charge < -0.3 is 15.0 Å². The molecular formula is C17H19ClN2O. The average molecular weight is 303 g/mol. The molecule has 1 aromatic heterocycles. The lowest BCUT2D eigenvalue weighted by molar-refractivity contribution is 0.0913. The molecular weight excluding hydrogens is 284 g/mol. The minimum Gasteiger partial charge on any atom is -0.390 e. The molecule has 2 aromatic carbocycles. The Morgan fingerprint density at radius 3 is 2.10 bits per heavy atom. The fourth-order valence-electron chi connectivity index (χ4n) is 3.44. The molecule has 110 valence electrons. The van der Waals surface area contributed by atoms with Gasteiger partial charge in [-0.05, 0) is 25.1 Å². The van der Waals surface area contributed by atoms with Gasteiger partial charge in [0.1, 0.15) is 0 Å². The van der Waals surface area contributed by atoms with E-state index in [1.54, 1.807) is 0 Å². The maximum atomic E-state index is 10.4. The van der Waals surface area contributed by atoms with Gasteiger partial charge in [0.05, 0.1) is 12.1 Å². The Kier molecular flexibility index (Phi) is 3.89. The largest absolute Gasteiger partial charge is 0.390 e. The summed E-state index contributed by atoms with van der Waals surface area (Å²) >= 11 is 0. The summed E-state index contributed by atoms with van der Waals surface area (Å²) in [5.74, 6) is 0. The number of piperidine rings is 1. The van der Waals surface area contributed by atoms with Gasteiger partial charge in [0.2, 0.25) is 0 Å². The van der Waals surface area contributed by atoms with Gasteiger partial charge in [-0.3, -0.25) is 0 Å². The summed E-state index contributed by atoms with van der Waals surface area (Å²) in [7, 11) is 0. The first-order valence-electron chi connectivity index (χ1n) is 7.23. The molecule has 21 heavy (non-hydrogen) atoms. The summed E-state index contributed by atoms with van der Waals surface area (Å²) in [6.07, 6.45) is 0.632. The Morgan fingerprint density at radius 2 is 1.52 bits per heavy atom. The Balaban J connectivity index is 0.00000132. The van der Waals surface area contributed by atoms with Gasteiger partial charge in [-0.25, -0.2) is 0 Å². The fraction of sp³-hybridized carbons (Fsp3) is 0.294. The number of para-hydroxylation sites is 2. The molecule has 1 aliphatic rings. The number of β-amino-alcohol motifs (C(OH)–C–C–N with tert-alkyl or cyclic N) is 1. The maximum absolute atomic E-state index is 10.4. The maximum Gasteiger partial charge on any atom is 0.0872 e. The molecule has 1 saturated heterocycles. The highest BCUT2D eigenvalue weighted by Crippen LogP contribution is 2.34. The molecule has 0 aliphatic carbocycles. The zero-order valence-electron chi connectivity index (χ0n) is 11.7. The molecule has 1 aliphatic heterocycles. The molecule has 4 heteroatoms. The predicted molar refractivity (Wildman–Crippen MR) is 89.2 cm³/mol. The standard InChI is InChI=1S/C17H18N2O.ClH/c20-17-11-18-10-9-16(17)19-14-7-3-1-5-12(14)13-6-2-4-8-15(13)19;/h1-8,16-18,20H,9-11H2;1H/t16-,17-;/m0./s1. The van der Waals surface area contributed by atoms with Crippen LogP contribution >= 0.6 is 12.4 Å². The van der Waals surface area contributed by atoms with Crippen LogP contribution in [0.2, 0.25) is 0 Å². The number of aliphatic hydroxyl groups is 1. The number of hydrogen-bond donors (Lipinski definition) is 2. The van der Waals surface area contributed by atoms with Crippen LogP contribution in [-0.2, 0) is 0 Å². The third-order valence-electron chi connectivity index (χ3n) is 4.36. The smallest absolute Gasteiger partial charge is 0.0872 e. The number of aromatic nitrogens is 1. The van der Waals surface area contributed by atoms with Gasteiger partial charge in [0, 0.05) is 28.4 Å².